The van der Waals surface area contributed by atoms with Gasteiger partial charge in [-0.05, 0) is 56.0 Å². The van der Waals surface area contributed by atoms with Crippen LogP contribution in [0.3, 0.4) is 0 Å². The van der Waals surface area contributed by atoms with Crippen molar-refractivity contribution >= 4 is 35.0 Å². The quantitative estimate of drug-likeness (QED) is 0.230. The second-order valence-electron chi connectivity index (χ2n) is 8.72. The smallest absolute Gasteiger partial charge is 0.270 e. The fraction of sp³-hybridized carbons (Fsp3) is 0.360. The van der Waals surface area contributed by atoms with E-state index in [-0.39, 0.29) is 28.8 Å². The summed E-state index contributed by atoms with van der Waals surface area (Å²) < 4.78 is 1.87. The number of aromatic nitrogens is 3. The molecule has 0 radical (unpaired) electrons. The molecule has 2 amide bonds. The Bertz CT molecular complexity index is 1270. The van der Waals surface area contributed by atoms with E-state index in [1.54, 1.807) is 0 Å². The first-order chi connectivity index (χ1) is 17.1. The maximum atomic E-state index is 12.9. The van der Waals surface area contributed by atoms with Crippen molar-refractivity contribution in [3.63, 3.8) is 0 Å². The van der Waals surface area contributed by atoms with Crippen molar-refractivity contribution in [3.05, 3.63) is 75.1 Å². The summed E-state index contributed by atoms with van der Waals surface area (Å²) in [5.41, 5.74) is 3.03. The summed E-state index contributed by atoms with van der Waals surface area (Å²) in [5, 5.41) is 26.1. The van der Waals surface area contributed by atoms with Crippen molar-refractivity contribution < 1.29 is 14.5 Å². The van der Waals surface area contributed by atoms with Crippen molar-refractivity contribution in [2.24, 2.45) is 5.92 Å². The zero-order valence-corrected chi connectivity index (χ0v) is 21.8. The van der Waals surface area contributed by atoms with E-state index >= 15 is 0 Å². The van der Waals surface area contributed by atoms with Gasteiger partial charge in [0, 0.05) is 29.9 Å². The van der Waals surface area contributed by atoms with Crippen molar-refractivity contribution in [3.8, 4) is 0 Å². The van der Waals surface area contributed by atoms with Gasteiger partial charge in [0.1, 0.15) is 0 Å². The van der Waals surface area contributed by atoms with Crippen LogP contribution in [-0.2, 0) is 11.3 Å². The van der Waals surface area contributed by atoms with Crippen LogP contribution >= 0.6 is 11.8 Å². The van der Waals surface area contributed by atoms with E-state index in [1.807, 2.05) is 57.4 Å². The number of non-ortho nitro benzene ring substituents is 1. The van der Waals surface area contributed by atoms with Gasteiger partial charge in [0.25, 0.3) is 11.6 Å². The third-order valence-electron chi connectivity index (χ3n) is 5.74. The minimum Gasteiger partial charge on any atom is -0.342 e. The molecule has 0 aliphatic heterocycles. The summed E-state index contributed by atoms with van der Waals surface area (Å²) in [7, 11) is 0. The molecule has 2 N–H and O–H groups in total. The lowest BCUT2D eigenvalue weighted by Gasteiger charge is -2.22. The molecule has 0 aliphatic rings. The second-order valence-corrected chi connectivity index (χ2v) is 9.67. The standard InChI is InChI=1S/C25H30N6O4S/c1-6-30-23(22(15(2)3)27-24(33)18-8-7-9-20(13-18)31(34)35)28-29-25(30)36-14-21(32)26-19-11-10-16(4)17(5)12-19/h7-13,15,22H,6,14H2,1-5H3,(H,26,32)(H,27,33)/t22-/m1/s1. The van der Waals surface area contributed by atoms with E-state index < -0.39 is 16.9 Å². The van der Waals surface area contributed by atoms with Crippen LogP contribution in [0.5, 0.6) is 0 Å². The van der Waals surface area contributed by atoms with Crippen LogP contribution in [0.15, 0.2) is 47.6 Å². The van der Waals surface area contributed by atoms with E-state index in [9.17, 15) is 19.7 Å². The third kappa shape index (κ3) is 6.48. The van der Waals surface area contributed by atoms with E-state index in [4.69, 9.17) is 0 Å². The number of nitrogens with one attached hydrogen (secondary N) is 2. The highest BCUT2D eigenvalue weighted by Crippen LogP contribution is 2.26. The molecule has 0 saturated heterocycles. The molecule has 11 heteroatoms. The van der Waals surface area contributed by atoms with Crippen LogP contribution in [0.1, 0.15) is 54.1 Å². The molecule has 190 valence electrons. The molecule has 2 aromatic carbocycles. The summed E-state index contributed by atoms with van der Waals surface area (Å²) in [6.45, 7) is 10.4. The third-order valence-corrected chi connectivity index (χ3v) is 6.70. The molecule has 0 aliphatic carbocycles. The van der Waals surface area contributed by atoms with Crippen molar-refractivity contribution in [1.29, 1.82) is 0 Å². The highest BCUT2D eigenvalue weighted by Gasteiger charge is 2.26. The van der Waals surface area contributed by atoms with Gasteiger partial charge in [0.2, 0.25) is 5.91 Å². The SMILES string of the molecule is CCn1c(SCC(=O)Nc2ccc(C)c(C)c2)nnc1[C@H](NC(=O)c1cccc([N+](=O)[O-])c1)C(C)C. The van der Waals surface area contributed by atoms with Crippen LogP contribution < -0.4 is 10.6 Å². The zero-order valence-electron chi connectivity index (χ0n) is 20.9. The van der Waals surface area contributed by atoms with Crippen LogP contribution in [0.4, 0.5) is 11.4 Å². The van der Waals surface area contributed by atoms with Crippen molar-refractivity contribution in [2.45, 2.75) is 52.4 Å². The number of nitro groups is 1. The molecular weight excluding hydrogens is 480 g/mol. The Kier molecular flexibility index (Phi) is 8.81. The number of carbonyl (C=O) groups excluding carboxylic acids is 2. The number of thioether (sulfide) groups is 1. The molecule has 0 unspecified atom stereocenters. The fourth-order valence-corrected chi connectivity index (χ4v) is 4.40. The monoisotopic (exact) mass is 510 g/mol. The molecule has 3 aromatic rings. The number of benzene rings is 2. The lowest BCUT2D eigenvalue weighted by molar-refractivity contribution is -0.384. The number of aryl methyl sites for hydroxylation is 2. The van der Waals surface area contributed by atoms with Crippen LogP contribution in [0.25, 0.3) is 0 Å². The molecule has 1 aromatic heterocycles. The van der Waals surface area contributed by atoms with Gasteiger partial charge in [0.05, 0.1) is 16.7 Å². The van der Waals surface area contributed by atoms with Crippen LogP contribution in [0.2, 0.25) is 0 Å². The van der Waals surface area contributed by atoms with Gasteiger partial charge in [-0.15, -0.1) is 10.2 Å². The summed E-state index contributed by atoms with van der Waals surface area (Å²) in [4.78, 5) is 36.0. The largest absolute Gasteiger partial charge is 0.342 e. The summed E-state index contributed by atoms with van der Waals surface area (Å²) in [5.74, 6) is 0.0774. The fourth-order valence-electron chi connectivity index (χ4n) is 3.60. The number of anilines is 1. The van der Waals surface area contributed by atoms with Crippen molar-refractivity contribution in [1.82, 2.24) is 20.1 Å². The molecule has 0 bridgehead atoms. The van der Waals surface area contributed by atoms with Gasteiger partial charge in [-0.25, -0.2) is 0 Å². The molecule has 0 saturated carbocycles. The summed E-state index contributed by atoms with van der Waals surface area (Å²) in [6, 6.07) is 10.9. The molecule has 1 atom stereocenters. The highest BCUT2D eigenvalue weighted by molar-refractivity contribution is 7.99. The zero-order chi connectivity index (χ0) is 26.4. The molecule has 36 heavy (non-hydrogen) atoms. The number of carbonyl (C=O) groups is 2. The van der Waals surface area contributed by atoms with Gasteiger partial charge in [-0.3, -0.25) is 19.7 Å². The average molecular weight is 511 g/mol. The van der Waals surface area contributed by atoms with Crippen LogP contribution in [0, 0.1) is 29.9 Å². The Balaban J connectivity index is 1.72. The Morgan fingerprint density at radius 3 is 2.50 bits per heavy atom. The first-order valence-electron chi connectivity index (χ1n) is 11.6. The van der Waals surface area contributed by atoms with Gasteiger partial charge in [-0.2, -0.15) is 0 Å². The highest BCUT2D eigenvalue weighted by atomic mass is 32.2. The Morgan fingerprint density at radius 1 is 1.11 bits per heavy atom. The lowest BCUT2D eigenvalue weighted by Crippen LogP contribution is -2.33. The van der Waals surface area contributed by atoms with E-state index in [1.165, 1.54) is 36.0 Å². The number of nitrogens with zero attached hydrogens (tertiary/aromatic N) is 4. The predicted molar refractivity (Wildman–Crippen MR) is 139 cm³/mol. The molecule has 0 fully saturated rings. The topological polar surface area (TPSA) is 132 Å². The minimum atomic E-state index is -0.538. The predicted octanol–water partition coefficient (Wildman–Crippen LogP) is 4.68. The first-order valence-corrected chi connectivity index (χ1v) is 12.6. The van der Waals surface area contributed by atoms with Crippen LogP contribution in [-0.4, -0.2) is 37.3 Å². The van der Waals surface area contributed by atoms with E-state index in [0.29, 0.717) is 17.5 Å². The maximum absolute atomic E-state index is 12.9. The normalized spacial score (nSPS) is 11.8. The molecular formula is C25H30N6O4S. The second kappa shape index (κ2) is 11.8. The van der Waals surface area contributed by atoms with Gasteiger partial charge < -0.3 is 15.2 Å². The van der Waals surface area contributed by atoms with E-state index in [0.717, 1.165) is 16.8 Å². The summed E-state index contributed by atoms with van der Waals surface area (Å²) in [6.07, 6.45) is 0. The lowest BCUT2D eigenvalue weighted by atomic mass is 10.0. The molecule has 1 heterocycles. The Morgan fingerprint density at radius 2 is 1.86 bits per heavy atom. The number of amides is 2. The van der Waals surface area contributed by atoms with Crippen molar-refractivity contribution in [2.75, 3.05) is 11.1 Å². The van der Waals surface area contributed by atoms with Gasteiger partial charge in [-0.1, -0.05) is 37.7 Å². The molecule has 0 spiro atoms. The van der Waals surface area contributed by atoms with Gasteiger partial charge >= 0.3 is 0 Å². The maximum Gasteiger partial charge on any atom is 0.270 e. The summed E-state index contributed by atoms with van der Waals surface area (Å²) >= 11 is 1.27. The minimum absolute atomic E-state index is 0.0342. The Hall–Kier alpha value is -3.73. The van der Waals surface area contributed by atoms with Gasteiger partial charge in [0.15, 0.2) is 11.0 Å². The molecule has 10 nitrogen and oxygen atoms in total. The number of hydrogen-bond acceptors (Lipinski definition) is 7. The first kappa shape index (κ1) is 26.9. The van der Waals surface area contributed by atoms with E-state index in [2.05, 4.69) is 20.8 Å². The average Bonchev–Trinajstić information content (AvgIpc) is 3.25. The number of nitro benzene ring substituents is 1. The number of rotatable bonds is 10. The Labute approximate surface area is 214 Å². The number of hydrogen-bond donors (Lipinski definition) is 2. The molecule has 3 rings (SSSR count).